The van der Waals surface area contributed by atoms with E-state index >= 15 is 0 Å². The number of carbonyl (C=O) groups is 2. The monoisotopic (exact) mass is 586 g/mol. The van der Waals surface area contributed by atoms with Crippen molar-refractivity contribution < 1.29 is 14.7 Å². The number of carboxylic acid groups (broad SMARTS) is 1. The molecular weight excluding hydrogens is 544 g/mol. The van der Waals surface area contributed by atoms with Crippen molar-refractivity contribution in [1.29, 1.82) is 5.26 Å². The Hall–Kier alpha value is -2.64. The highest BCUT2D eigenvalue weighted by atomic mass is 32.2. The minimum Gasteiger partial charge on any atom is -0.481 e. The third-order valence-corrected chi connectivity index (χ3v) is 9.12. The van der Waals surface area contributed by atoms with Gasteiger partial charge in [-0.05, 0) is 51.2 Å². The van der Waals surface area contributed by atoms with E-state index in [9.17, 15) is 19.6 Å². The van der Waals surface area contributed by atoms with Gasteiger partial charge in [-0.1, -0.05) is 75.3 Å². The molecule has 0 spiro atoms. The molecule has 2 fully saturated rings. The number of nitrogens with zero attached hydrogens (tertiary/aromatic N) is 4. The van der Waals surface area contributed by atoms with Crippen LogP contribution >= 0.6 is 24.0 Å². The van der Waals surface area contributed by atoms with Crippen LogP contribution in [0.3, 0.4) is 0 Å². The second kappa shape index (κ2) is 16.0. The highest BCUT2D eigenvalue weighted by molar-refractivity contribution is 8.26. The van der Waals surface area contributed by atoms with Crippen LogP contribution in [0.15, 0.2) is 9.70 Å². The number of rotatable bonds is 14. The van der Waals surface area contributed by atoms with E-state index in [-0.39, 0.29) is 23.5 Å². The first kappa shape index (κ1) is 31.9. The number of hydrogen-bond donors (Lipinski definition) is 1. The molecule has 2 aliphatic rings. The Morgan fingerprint density at radius 1 is 1.02 bits per heavy atom. The number of thioether (sulfide) groups is 1. The molecular formula is C30H42N4O4S2. The van der Waals surface area contributed by atoms with Crippen molar-refractivity contribution in [2.75, 3.05) is 24.5 Å². The maximum absolute atomic E-state index is 13.4. The number of carboxylic acids is 1. The molecule has 10 heteroatoms. The molecule has 218 valence electrons. The summed E-state index contributed by atoms with van der Waals surface area (Å²) in [6.07, 6.45) is 14.4. The van der Waals surface area contributed by atoms with Crippen LogP contribution in [-0.2, 0) is 16.1 Å². The molecule has 0 saturated carbocycles. The standard InChI is InChI=1S/C30H42N4O4S2/c1-3-33-27(32-17-13-10-11-14-18-32)23(22(2)24(21-31)28(33)37)20-25-29(38)34(30(39)40-25)19-15-9-7-5-4-6-8-12-16-26(35)36/h20H,3-19H2,1-2H3,(H,35,36)/b25-20-. The predicted octanol–water partition coefficient (Wildman–Crippen LogP) is 6.23. The normalized spacial score (nSPS) is 17.0. The molecule has 1 amide bonds. The van der Waals surface area contributed by atoms with E-state index in [1.807, 2.05) is 13.0 Å². The third kappa shape index (κ3) is 8.20. The fourth-order valence-electron chi connectivity index (χ4n) is 5.49. The first-order chi connectivity index (χ1) is 19.3. The molecule has 8 nitrogen and oxygen atoms in total. The summed E-state index contributed by atoms with van der Waals surface area (Å²) in [5.74, 6) is -0.0306. The Morgan fingerprint density at radius 3 is 2.20 bits per heavy atom. The van der Waals surface area contributed by atoms with E-state index in [1.165, 1.54) is 11.8 Å². The number of anilines is 1. The summed E-state index contributed by atoms with van der Waals surface area (Å²) in [7, 11) is 0. The third-order valence-electron chi connectivity index (χ3n) is 7.74. The Kier molecular flexibility index (Phi) is 12.7. The summed E-state index contributed by atoms with van der Waals surface area (Å²) in [5.41, 5.74) is 1.24. The van der Waals surface area contributed by atoms with Gasteiger partial charge in [0.25, 0.3) is 11.5 Å². The highest BCUT2D eigenvalue weighted by Crippen LogP contribution is 2.36. The van der Waals surface area contributed by atoms with Crippen molar-refractivity contribution in [3.63, 3.8) is 0 Å². The zero-order valence-corrected chi connectivity index (χ0v) is 25.5. The van der Waals surface area contributed by atoms with Crippen LogP contribution in [-0.4, -0.2) is 50.4 Å². The molecule has 0 unspecified atom stereocenters. The van der Waals surface area contributed by atoms with E-state index in [2.05, 4.69) is 11.0 Å². The second-order valence-electron chi connectivity index (χ2n) is 10.6. The van der Waals surface area contributed by atoms with Crippen molar-refractivity contribution >= 4 is 52.1 Å². The fraction of sp³-hybridized carbons (Fsp3) is 0.633. The highest BCUT2D eigenvalue weighted by Gasteiger charge is 2.33. The van der Waals surface area contributed by atoms with Crippen molar-refractivity contribution in [2.24, 2.45) is 0 Å². The van der Waals surface area contributed by atoms with Gasteiger partial charge in [0.2, 0.25) is 0 Å². The van der Waals surface area contributed by atoms with Gasteiger partial charge in [-0.3, -0.25) is 23.9 Å². The number of amides is 1. The summed E-state index contributed by atoms with van der Waals surface area (Å²) in [5, 5.41) is 18.5. The molecule has 1 N–H and O–H groups in total. The zero-order chi connectivity index (χ0) is 29.1. The molecule has 1 aromatic heterocycles. The lowest BCUT2D eigenvalue weighted by Crippen LogP contribution is -2.35. The van der Waals surface area contributed by atoms with Crippen molar-refractivity contribution in [1.82, 2.24) is 9.47 Å². The minimum atomic E-state index is -0.726. The van der Waals surface area contributed by atoms with Crippen LogP contribution in [0.2, 0.25) is 0 Å². The van der Waals surface area contributed by atoms with E-state index in [0.29, 0.717) is 27.9 Å². The number of aromatic nitrogens is 1. The lowest BCUT2D eigenvalue weighted by atomic mass is 10.0. The van der Waals surface area contributed by atoms with Gasteiger partial charge < -0.3 is 10.0 Å². The van der Waals surface area contributed by atoms with E-state index in [1.54, 1.807) is 16.4 Å². The molecule has 2 aliphatic heterocycles. The van der Waals surface area contributed by atoms with Gasteiger partial charge in [0, 0.05) is 38.2 Å². The number of unbranched alkanes of at least 4 members (excludes halogenated alkanes) is 7. The number of pyridine rings is 1. The van der Waals surface area contributed by atoms with Crippen LogP contribution in [0.5, 0.6) is 0 Å². The Balaban J connectivity index is 1.70. The Labute approximate surface area is 247 Å². The fourth-order valence-corrected chi connectivity index (χ4v) is 6.78. The molecule has 40 heavy (non-hydrogen) atoms. The van der Waals surface area contributed by atoms with Crippen molar-refractivity contribution in [2.45, 2.75) is 104 Å². The largest absolute Gasteiger partial charge is 0.481 e. The molecule has 3 rings (SSSR count). The van der Waals surface area contributed by atoms with Gasteiger partial charge >= 0.3 is 5.97 Å². The topological polar surface area (TPSA) is 107 Å². The maximum atomic E-state index is 13.4. The first-order valence-corrected chi connectivity index (χ1v) is 15.9. The first-order valence-electron chi connectivity index (χ1n) is 14.7. The molecule has 0 atom stereocenters. The van der Waals surface area contributed by atoms with Gasteiger partial charge in [0.05, 0.1) is 4.91 Å². The Morgan fingerprint density at radius 2 is 1.62 bits per heavy atom. The van der Waals surface area contributed by atoms with Gasteiger partial charge in [-0.25, -0.2) is 0 Å². The number of nitriles is 1. The number of hydrogen-bond acceptors (Lipinski definition) is 7. The SMILES string of the molecule is CCn1c(N2CCCCCC2)c(/C=C2\SC(=S)N(CCCCCCCCCCC(=O)O)C2=O)c(C)c(C#N)c1=O. The zero-order valence-electron chi connectivity index (χ0n) is 23.9. The van der Waals surface area contributed by atoms with Gasteiger partial charge in [0.15, 0.2) is 0 Å². The van der Waals surface area contributed by atoms with Crippen LogP contribution in [0, 0.1) is 18.3 Å². The summed E-state index contributed by atoms with van der Waals surface area (Å²) < 4.78 is 2.24. The molecule has 1 aromatic rings. The quantitative estimate of drug-likeness (QED) is 0.155. The smallest absolute Gasteiger partial charge is 0.303 e. The van der Waals surface area contributed by atoms with Gasteiger partial charge in [0.1, 0.15) is 21.8 Å². The molecule has 0 aromatic carbocycles. The van der Waals surface area contributed by atoms with Crippen molar-refractivity contribution in [3.8, 4) is 6.07 Å². The average molecular weight is 587 g/mol. The summed E-state index contributed by atoms with van der Waals surface area (Å²) in [4.78, 5) is 41.7. The molecule has 3 heterocycles. The summed E-state index contributed by atoms with van der Waals surface area (Å²) >= 11 is 6.88. The van der Waals surface area contributed by atoms with Crippen LogP contribution in [0.1, 0.15) is 107 Å². The van der Waals surface area contributed by atoms with Crippen LogP contribution in [0.25, 0.3) is 6.08 Å². The molecule has 0 radical (unpaired) electrons. The number of carbonyl (C=O) groups excluding carboxylic acids is 1. The molecule has 0 bridgehead atoms. The lowest BCUT2D eigenvalue weighted by molar-refractivity contribution is -0.137. The van der Waals surface area contributed by atoms with E-state index in [0.717, 1.165) is 102 Å². The number of thiocarbonyl (C=S) groups is 1. The maximum Gasteiger partial charge on any atom is 0.303 e. The van der Waals surface area contributed by atoms with Crippen LogP contribution in [0.4, 0.5) is 5.82 Å². The minimum absolute atomic E-state index is 0.109. The predicted molar refractivity (Wildman–Crippen MR) is 166 cm³/mol. The number of aliphatic carboxylic acids is 1. The van der Waals surface area contributed by atoms with E-state index in [4.69, 9.17) is 17.3 Å². The summed E-state index contributed by atoms with van der Waals surface area (Å²) in [6, 6.07) is 2.11. The lowest BCUT2D eigenvalue weighted by Gasteiger charge is -2.29. The van der Waals surface area contributed by atoms with E-state index < -0.39 is 5.97 Å². The van der Waals surface area contributed by atoms with Crippen LogP contribution < -0.4 is 10.5 Å². The molecule has 0 aliphatic carbocycles. The molecule has 2 saturated heterocycles. The van der Waals surface area contributed by atoms with Gasteiger partial charge in [-0.15, -0.1) is 0 Å². The van der Waals surface area contributed by atoms with Gasteiger partial charge in [-0.2, -0.15) is 5.26 Å². The summed E-state index contributed by atoms with van der Waals surface area (Å²) in [6.45, 7) is 6.44. The average Bonchev–Trinajstić information content (AvgIpc) is 3.09. The van der Waals surface area contributed by atoms with Crippen molar-refractivity contribution in [3.05, 3.63) is 31.9 Å². The Bertz CT molecular complexity index is 1210. The second-order valence-corrected chi connectivity index (χ2v) is 12.3.